The van der Waals surface area contributed by atoms with Crippen LogP contribution >= 0.6 is 0 Å². The van der Waals surface area contributed by atoms with Gasteiger partial charge in [-0.05, 0) is 30.6 Å². The minimum atomic E-state index is -0.00841. The molecule has 2 unspecified atom stereocenters. The lowest BCUT2D eigenvalue weighted by molar-refractivity contribution is -0.133. The van der Waals surface area contributed by atoms with Crippen molar-refractivity contribution in [3.05, 3.63) is 0 Å². The van der Waals surface area contributed by atoms with Gasteiger partial charge in [-0.25, -0.2) is 0 Å². The molecule has 106 valence electrons. The summed E-state index contributed by atoms with van der Waals surface area (Å²) in [5, 5.41) is 0. The van der Waals surface area contributed by atoms with Crippen LogP contribution in [0, 0.1) is 11.3 Å². The lowest BCUT2D eigenvalue weighted by Crippen LogP contribution is -2.41. The van der Waals surface area contributed by atoms with E-state index in [-0.39, 0.29) is 17.4 Å². The molecule has 0 aliphatic carbocycles. The summed E-state index contributed by atoms with van der Waals surface area (Å²) < 4.78 is 0. The zero-order chi connectivity index (χ0) is 13.9. The summed E-state index contributed by atoms with van der Waals surface area (Å²) in [6, 6.07) is 0.422. The maximum atomic E-state index is 12.3. The maximum Gasteiger partial charge on any atom is 0.224 e. The van der Waals surface area contributed by atoms with E-state index in [9.17, 15) is 4.79 Å². The van der Waals surface area contributed by atoms with Crippen LogP contribution in [0.1, 0.15) is 60.3 Å². The molecule has 1 fully saturated rings. The van der Waals surface area contributed by atoms with E-state index in [0.717, 1.165) is 25.8 Å². The van der Waals surface area contributed by atoms with E-state index in [4.69, 9.17) is 5.73 Å². The Kier molecular flexibility index (Phi) is 5.20. The van der Waals surface area contributed by atoms with Gasteiger partial charge in [-0.2, -0.15) is 0 Å². The van der Waals surface area contributed by atoms with Crippen molar-refractivity contribution in [3.63, 3.8) is 0 Å². The number of carbonyl (C=O) groups excluding carboxylic acids is 1. The predicted octanol–water partition coefficient (Wildman–Crippen LogP) is 2.79. The topological polar surface area (TPSA) is 46.3 Å². The maximum absolute atomic E-state index is 12.3. The fraction of sp³-hybridized carbons (Fsp3) is 0.933. The third kappa shape index (κ3) is 4.60. The largest absolute Gasteiger partial charge is 0.339 e. The average Bonchev–Trinajstić information content (AvgIpc) is 2.61. The number of likely N-dealkylation sites (tertiary alicyclic amines) is 1. The van der Waals surface area contributed by atoms with Crippen LogP contribution in [-0.2, 0) is 4.79 Å². The molecule has 1 aliphatic heterocycles. The highest BCUT2D eigenvalue weighted by Crippen LogP contribution is 2.26. The summed E-state index contributed by atoms with van der Waals surface area (Å²) in [6.07, 6.45) is 3.69. The third-order valence-corrected chi connectivity index (χ3v) is 3.70. The molecule has 0 bridgehead atoms. The Bertz CT molecular complexity index is 281. The molecule has 0 aromatic rings. The Labute approximate surface area is 112 Å². The van der Waals surface area contributed by atoms with Gasteiger partial charge >= 0.3 is 0 Å². The molecule has 0 saturated carbocycles. The van der Waals surface area contributed by atoms with E-state index in [1.165, 1.54) is 0 Å². The Balaban J connectivity index is 2.50. The van der Waals surface area contributed by atoms with Crippen LogP contribution in [0.2, 0.25) is 0 Å². The van der Waals surface area contributed by atoms with Crippen molar-refractivity contribution in [2.24, 2.45) is 17.1 Å². The van der Waals surface area contributed by atoms with Crippen molar-refractivity contribution in [1.82, 2.24) is 4.90 Å². The molecular formula is C15H30N2O. The van der Waals surface area contributed by atoms with Crippen LogP contribution in [0.3, 0.4) is 0 Å². The van der Waals surface area contributed by atoms with Crippen LogP contribution in [0.4, 0.5) is 0 Å². The third-order valence-electron chi connectivity index (χ3n) is 3.70. The van der Waals surface area contributed by atoms with Gasteiger partial charge < -0.3 is 10.6 Å². The first-order valence-electron chi connectivity index (χ1n) is 7.26. The molecule has 1 amide bonds. The van der Waals surface area contributed by atoms with Gasteiger partial charge in [-0.3, -0.25) is 4.79 Å². The van der Waals surface area contributed by atoms with E-state index in [1.54, 1.807) is 0 Å². The molecule has 18 heavy (non-hydrogen) atoms. The van der Waals surface area contributed by atoms with Crippen LogP contribution < -0.4 is 5.73 Å². The summed E-state index contributed by atoms with van der Waals surface area (Å²) in [5.41, 5.74) is 6.30. The summed E-state index contributed by atoms with van der Waals surface area (Å²) in [5.74, 6) is 0.804. The van der Waals surface area contributed by atoms with Crippen molar-refractivity contribution >= 4 is 5.91 Å². The summed E-state index contributed by atoms with van der Waals surface area (Å²) in [4.78, 5) is 14.4. The highest BCUT2D eigenvalue weighted by Gasteiger charge is 2.31. The molecule has 0 aromatic heterocycles. The Morgan fingerprint density at radius 1 is 1.39 bits per heavy atom. The van der Waals surface area contributed by atoms with Crippen LogP contribution in [-0.4, -0.2) is 29.4 Å². The SMILES string of the molecule is CC(C)C1CCCN1C(=O)CC(N)CC(C)(C)C. The molecule has 2 atom stereocenters. The zero-order valence-electron chi connectivity index (χ0n) is 12.7. The van der Waals surface area contributed by atoms with Gasteiger partial charge in [0.2, 0.25) is 5.91 Å². The minimum absolute atomic E-state index is 0.00841. The molecule has 1 rings (SSSR count). The van der Waals surface area contributed by atoms with E-state index in [0.29, 0.717) is 18.4 Å². The van der Waals surface area contributed by atoms with Crippen LogP contribution in [0.15, 0.2) is 0 Å². The van der Waals surface area contributed by atoms with Gasteiger partial charge in [-0.1, -0.05) is 34.6 Å². The van der Waals surface area contributed by atoms with Gasteiger partial charge in [0.25, 0.3) is 0 Å². The number of hydrogen-bond acceptors (Lipinski definition) is 2. The molecule has 3 nitrogen and oxygen atoms in total. The van der Waals surface area contributed by atoms with E-state index in [2.05, 4.69) is 39.5 Å². The molecule has 0 aromatic carbocycles. The fourth-order valence-electron chi connectivity index (χ4n) is 3.00. The van der Waals surface area contributed by atoms with Gasteiger partial charge in [0, 0.05) is 25.0 Å². The lowest BCUT2D eigenvalue weighted by Gasteiger charge is -2.30. The second-order valence-corrected chi connectivity index (χ2v) is 7.27. The van der Waals surface area contributed by atoms with Gasteiger partial charge in [0.1, 0.15) is 0 Å². The molecule has 3 heteroatoms. The quantitative estimate of drug-likeness (QED) is 0.838. The van der Waals surface area contributed by atoms with E-state index in [1.807, 2.05) is 0 Å². The molecule has 2 N–H and O–H groups in total. The number of carbonyl (C=O) groups is 1. The molecule has 0 spiro atoms. The van der Waals surface area contributed by atoms with E-state index >= 15 is 0 Å². The first kappa shape index (κ1) is 15.5. The standard InChI is InChI=1S/C15H30N2O/c1-11(2)13-7-6-8-17(13)14(18)9-12(16)10-15(3,4)5/h11-13H,6-10,16H2,1-5H3. The number of amides is 1. The van der Waals surface area contributed by atoms with Crippen molar-refractivity contribution in [2.75, 3.05) is 6.54 Å². The molecule has 1 saturated heterocycles. The lowest BCUT2D eigenvalue weighted by atomic mass is 9.87. The van der Waals surface area contributed by atoms with Crippen molar-refractivity contribution in [3.8, 4) is 0 Å². The van der Waals surface area contributed by atoms with Crippen molar-refractivity contribution < 1.29 is 4.79 Å². The highest BCUT2D eigenvalue weighted by atomic mass is 16.2. The number of nitrogens with two attached hydrogens (primary N) is 1. The predicted molar refractivity (Wildman–Crippen MR) is 76.2 cm³/mol. The van der Waals surface area contributed by atoms with Crippen LogP contribution in [0.5, 0.6) is 0 Å². The smallest absolute Gasteiger partial charge is 0.224 e. The monoisotopic (exact) mass is 254 g/mol. The Morgan fingerprint density at radius 2 is 2.00 bits per heavy atom. The fourth-order valence-corrected chi connectivity index (χ4v) is 3.00. The second-order valence-electron chi connectivity index (χ2n) is 7.27. The number of nitrogens with zero attached hydrogens (tertiary/aromatic N) is 1. The molecular weight excluding hydrogens is 224 g/mol. The Morgan fingerprint density at radius 3 is 2.50 bits per heavy atom. The average molecular weight is 254 g/mol. The first-order chi connectivity index (χ1) is 8.20. The Hall–Kier alpha value is -0.570. The number of rotatable bonds is 4. The molecule has 1 aliphatic rings. The normalized spacial score (nSPS) is 22.6. The highest BCUT2D eigenvalue weighted by molar-refractivity contribution is 5.77. The molecule has 0 radical (unpaired) electrons. The minimum Gasteiger partial charge on any atom is -0.339 e. The van der Waals surface area contributed by atoms with Gasteiger partial charge in [0.05, 0.1) is 0 Å². The summed E-state index contributed by atoms with van der Waals surface area (Å²) >= 11 is 0. The van der Waals surface area contributed by atoms with Crippen molar-refractivity contribution in [2.45, 2.75) is 72.4 Å². The van der Waals surface area contributed by atoms with E-state index < -0.39 is 0 Å². The van der Waals surface area contributed by atoms with Gasteiger partial charge in [0.15, 0.2) is 0 Å². The van der Waals surface area contributed by atoms with Crippen LogP contribution in [0.25, 0.3) is 0 Å². The van der Waals surface area contributed by atoms with Crippen molar-refractivity contribution in [1.29, 1.82) is 0 Å². The zero-order valence-corrected chi connectivity index (χ0v) is 12.7. The first-order valence-corrected chi connectivity index (χ1v) is 7.26. The second kappa shape index (κ2) is 6.05. The van der Waals surface area contributed by atoms with Gasteiger partial charge in [-0.15, -0.1) is 0 Å². The number of hydrogen-bond donors (Lipinski definition) is 1. The summed E-state index contributed by atoms with van der Waals surface area (Å²) in [6.45, 7) is 11.8. The summed E-state index contributed by atoms with van der Waals surface area (Å²) in [7, 11) is 0. The molecule has 1 heterocycles.